The summed E-state index contributed by atoms with van der Waals surface area (Å²) in [6, 6.07) is 22.0. The van der Waals surface area contributed by atoms with Crippen LogP contribution >= 0.6 is 0 Å². The molecule has 1 unspecified atom stereocenters. The first-order chi connectivity index (χ1) is 15.8. The van der Waals surface area contributed by atoms with Gasteiger partial charge in [-0.25, -0.2) is 8.42 Å². The molecule has 7 nitrogen and oxygen atoms in total. The number of ether oxygens (including phenoxy) is 2. The van der Waals surface area contributed by atoms with Crippen molar-refractivity contribution in [3.05, 3.63) is 89.5 Å². The van der Waals surface area contributed by atoms with Gasteiger partial charge >= 0.3 is 0 Å². The van der Waals surface area contributed by atoms with Gasteiger partial charge in [0.1, 0.15) is 0 Å². The van der Waals surface area contributed by atoms with Crippen molar-refractivity contribution in [3.63, 3.8) is 0 Å². The highest BCUT2D eigenvalue weighted by molar-refractivity contribution is 7.92. The van der Waals surface area contributed by atoms with Gasteiger partial charge in [0, 0.05) is 18.2 Å². The Hall–Kier alpha value is -3.52. The molecular weight excluding hydrogens is 440 g/mol. The molecular formula is C25H26N2O5S. The third-order valence-electron chi connectivity index (χ3n) is 5.52. The van der Waals surface area contributed by atoms with Gasteiger partial charge in [0.25, 0.3) is 5.91 Å². The summed E-state index contributed by atoms with van der Waals surface area (Å²) in [4.78, 5) is 12.6. The summed E-state index contributed by atoms with van der Waals surface area (Å²) in [6.45, 7) is 2.84. The van der Waals surface area contributed by atoms with Crippen molar-refractivity contribution < 1.29 is 22.7 Å². The maximum absolute atomic E-state index is 12.6. The molecule has 1 heterocycles. The van der Waals surface area contributed by atoms with Crippen LogP contribution in [0.2, 0.25) is 0 Å². The lowest BCUT2D eigenvalue weighted by atomic mass is 10.0. The molecule has 0 aromatic heterocycles. The Kier molecular flexibility index (Phi) is 6.55. The lowest BCUT2D eigenvalue weighted by Gasteiger charge is -2.23. The minimum atomic E-state index is -3.55. The van der Waals surface area contributed by atoms with Gasteiger partial charge < -0.3 is 14.8 Å². The Labute approximate surface area is 194 Å². The van der Waals surface area contributed by atoms with E-state index >= 15 is 0 Å². The van der Waals surface area contributed by atoms with Gasteiger partial charge in [-0.05, 0) is 41.3 Å². The molecule has 4 rings (SSSR count). The minimum absolute atomic E-state index is 0.116. The minimum Gasteiger partial charge on any atom is -0.454 e. The number of carbonyl (C=O) groups is 1. The van der Waals surface area contributed by atoms with E-state index in [0.29, 0.717) is 29.3 Å². The highest BCUT2D eigenvalue weighted by Crippen LogP contribution is 2.36. The Morgan fingerprint density at radius 1 is 1.00 bits per heavy atom. The van der Waals surface area contributed by atoms with Crippen LogP contribution in [0.25, 0.3) is 0 Å². The molecule has 0 fully saturated rings. The van der Waals surface area contributed by atoms with E-state index in [1.54, 1.807) is 42.5 Å². The molecule has 0 bridgehead atoms. The van der Waals surface area contributed by atoms with E-state index in [0.717, 1.165) is 17.4 Å². The molecule has 0 spiro atoms. The molecule has 0 aliphatic carbocycles. The van der Waals surface area contributed by atoms with E-state index in [-0.39, 0.29) is 25.2 Å². The molecule has 172 valence electrons. The van der Waals surface area contributed by atoms with Gasteiger partial charge in [0.2, 0.25) is 16.8 Å². The second-order valence-electron chi connectivity index (χ2n) is 8.03. The van der Waals surface area contributed by atoms with Gasteiger partial charge in [-0.1, -0.05) is 49.4 Å². The predicted octanol–water partition coefficient (Wildman–Crippen LogP) is 3.92. The van der Waals surface area contributed by atoms with E-state index in [1.165, 1.54) is 4.31 Å². The number of fused-ring (bicyclic) bond motifs is 1. The largest absolute Gasteiger partial charge is 0.454 e. The molecule has 3 aromatic carbocycles. The van der Waals surface area contributed by atoms with Crippen LogP contribution in [0.1, 0.15) is 34.3 Å². The number of sulfonamides is 1. The van der Waals surface area contributed by atoms with E-state index in [4.69, 9.17) is 9.47 Å². The van der Waals surface area contributed by atoms with E-state index in [1.807, 2.05) is 30.3 Å². The number of carbonyl (C=O) groups excluding carboxylic acids is 1. The van der Waals surface area contributed by atoms with Gasteiger partial charge in [-0.2, -0.15) is 0 Å². The van der Waals surface area contributed by atoms with E-state index in [9.17, 15) is 13.2 Å². The van der Waals surface area contributed by atoms with Crippen molar-refractivity contribution in [2.75, 3.05) is 23.9 Å². The zero-order valence-electron chi connectivity index (χ0n) is 18.5. The van der Waals surface area contributed by atoms with Crippen LogP contribution in [-0.4, -0.2) is 33.9 Å². The smallest absolute Gasteiger partial charge is 0.251 e. The predicted molar refractivity (Wildman–Crippen MR) is 127 cm³/mol. The maximum atomic E-state index is 12.6. The zero-order valence-corrected chi connectivity index (χ0v) is 19.3. The summed E-state index contributed by atoms with van der Waals surface area (Å²) in [5.74, 6) is 1.13. The lowest BCUT2D eigenvalue weighted by molar-refractivity contribution is 0.0951. The number of hydrogen-bond acceptors (Lipinski definition) is 5. The Morgan fingerprint density at radius 2 is 1.70 bits per heavy atom. The molecule has 8 heteroatoms. The number of nitrogens with zero attached hydrogens (tertiary/aromatic N) is 1. The van der Waals surface area contributed by atoms with Gasteiger partial charge in [-0.3, -0.25) is 9.10 Å². The van der Waals surface area contributed by atoms with Crippen molar-refractivity contribution in [2.24, 2.45) is 0 Å². The molecule has 1 aliphatic rings. The first kappa shape index (κ1) is 22.7. The Balaban J connectivity index is 1.42. The van der Waals surface area contributed by atoms with Crippen molar-refractivity contribution in [2.45, 2.75) is 19.4 Å². The molecule has 1 N–H and O–H groups in total. The van der Waals surface area contributed by atoms with Crippen LogP contribution in [0.15, 0.2) is 72.8 Å². The third kappa shape index (κ3) is 5.46. The van der Waals surface area contributed by atoms with Crippen LogP contribution in [0.5, 0.6) is 11.5 Å². The number of benzene rings is 3. The fourth-order valence-corrected chi connectivity index (χ4v) is 4.50. The highest BCUT2D eigenvalue weighted by atomic mass is 32.2. The second kappa shape index (κ2) is 9.54. The van der Waals surface area contributed by atoms with Crippen LogP contribution in [0.3, 0.4) is 0 Å². The fraction of sp³-hybridized carbons (Fsp3) is 0.240. The molecule has 3 aromatic rings. The first-order valence-electron chi connectivity index (χ1n) is 10.6. The van der Waals surface area contributed by atoms with Gasteiger partial charge in [0.15, 0.2) is 11.5 Å². The molecule has 1 aliphatic heterocycles. The summed E-state index contributed by atoms with van der Waals surface area (Å²) >= 11 is 0. The summed E-state index contributed by atoms with van der Waals surface area (Å²) in [5, 5.41) is 2.96. The monoisotopic (exact) mass is 466 g/mol. The summed E-state index contributed by atoms with van der Waals surface area (Å²) in [6.07, 6.45) is 1.16. The fourth-order valence-electron chi connectivity index (χ4n) is 3.61. The SMILES string of the molecule is CC(CNC(=O)c1ccc(CN(c2ccc3c(c2)OCO3)S(C)(=O)=O)cc1)c1ccccc1. The third-order valence-corrected chi connectivity index (χ3v) is 6.66. The Bertz CT molecular complexity index is 1230. The Morgan fingerprint density at radius 3 is 2.39 bits per heavy atom. The van der Waals surface area contributed by atoms with Crippen molar-refractivity contribution in [1.82, 2.24) is 5.32 Å². The van der Waals surface area contributed by atoms with Crippen molar-refractivity contribution >= 4 is 21.6 Å². The molecule has 0 saturated carbocycles. The first-order valence-corrected chi connectivity index (χ1v) is 12.5. The van der Waals surface area contributed by atoms with Crippen LogP contribution in [-0.2, 0) is 16.6 Å². The van der Waals surface area contributed by atoms with E-state index < -0.39 is 10.0 Å². The standard InChI is InChI=1S/C25H26N2O5S/c1-18(20-6-4-3-5-7-20)15-26-25(28)21-10-8-19(9-11-21)16-27(33(2,29)30)22-12-13-23-24(14-22)32-17-31-23/h3-14,18H,15-17H2,1-2H3,(H,26,28). The number of amides is 1. The van der Waals surface area contributed by atoms with Crippen LogP contribution < -0.4 is 19.1 Å². The van der Waals surface area contributed by atoms with Crippen LogP contribution in [0.4, 0.5) is 5.69 Å². The maximum Gasteiger partial charge on any atom is 0.251 e. The average molecular weight is 467 g/mol. The van der Waals surface area contributed by atoms with Gasteiger partial charge in [0.05, 0.1) is 18.5 Å². The molecule has 0 saturated heterocycles. The van der Waals surface area contributed by atoms with Crippen LogP contribution in [0, 0.1) is 0 Å². The normalized spacial score (nSPS) is 13.4. The van der Waals surface area contributed by atoms with E-state index in [2.05, 4.69) is 12.2 Å². The van der Waals surface area contributed by atoms with Gasteiger partial charge in [-0.15, -0.1) is 0 Å². The lowest BCUT2D eigenvalue weighted by Crippen LogP contribution is -2.29. The second-order valence-corrected chi connectivity index (χ2v) is 9.93. The zero-order chi connectivity index (χ0) is 23.4. The van der Waals surface area contributed by atoms with Crippen molar-refractivity contribution in [3.8, 4) is 11.5 Å². The average Bonchev–Trinajstić information content (AvgIpc) is 3.29. The number of nitrogens with one attached hydrogen (secondary N) is 1. The summed E-state index contributed by atoms with van der Waals surface area (Å²) in [5.41, 5.74) is 2.93. The van der Waals surface area contributed by atoms with Crippen molar-refractivity contribution in [1.29, 1.82) is 0 Å². The number of rotatable bonds is 8. The molecule has 33 heavy (non-hydrogen) atoms. The topological polar surface area (TPSA) is 84.9 Å². The molecule has 0 radical (unpaired) electrons. The molecule has 1 amide bonds. The summed E-state index contributed by atoms with van der Waals surface area (Å²) in [7, 11) is -3.55. The quantitative estimate of drug-likeness (QED) is 0.544. The highest BCUT2D eigenvalue weighted by Gasteiger charge is 2.22. The molecule has 1 atom stereocenters. The number of hydrogen-bond donors (Lipinski definition) is 1. The number of anilines is 1. The summed E-state index contributed by atoms with van der Waals surface area (Å²) < 4.78 is 36.9.